The van der Waals surface area contributed by atoms with Gasteiger partial charge >= 0.3 is 5.97 Å². The molecule has 0 aliphatic heterocycles. The minimum atomic E-state index is -1.82. The van der Waals surface area contributed by atoms with E-state index in [1.165, 1.54) is 12.1 Å². The summed E-state index contributed by atoms with van der Waals surface area (Å²) in [5, 5.41) is 8.70. The smallest absolute Gasteiger partial charge is 0.335 e. The zero-order valence-corrected chi connectivity index (χ0v) is 8.10. The van der Waals surface area contributed by atoms with Crippen molar-refractivity contribution in [3.8, 4) is 0 Å². The highest BCUT2D eigenvalue weighted by Crippen LogP contribution is 2.11. The lowest BCUT2D eigenvalue weighted by atomic mass is 10.2. The number of nitrogens with one attached hydrogen (secondary N) is 1. The Morgan fingerprint density at radius 2 is 2.23 bits per heavy atom. The second-order valence-electron chi connectivity index (χ2n) is 2.92. The first-order chi connectivity index (χ1) is 5.91. The summed E-state index contributed by atoms with van der Waals surface area (Å²) < 4.78 is 7.69. The minimum absolute atomic E-state index is 0.215. The first-order valence-corrected chi connectivity index (χ1v) is 5.81. The van der Waals surface area contributed by atoms with Crippen LogP contribution >= 0.6 is 0 Å². The SMILES string of the molecule is C=S(C)(=N)c1cccc(C(=O)O)c1. The summed E-state index contributed by atoms with van der Waals surface area (Å²) >= 11 is 0. The number of carboxylic acid groups (broad SMARTS) is 1. The predicted molar refractivity (Wildman–Crippen MR) is 54.8 cm³/mol. The second-order valence-corrected chi connectivity index (χ2v) is 5.57. The molecule has 0 radical (unpaired) electrons. The van der Waals surface area contributed by atoms with Gasteiger partial charge in [-0.25, -0.2) is 4.79 Å². The number of hydrogen-bond donors (Lipinski definition) is 2. The molecule has 1 unspecified atom stereocenters. The summed E-state index contributed by atoms with van der Waals surface area (Å²) in [6, 6.07) is 6.40. The van der Waals surface area contributed by atoms with Gasteiger partial charge in [-0.3, -0.25) is 4.78 Å². The third kappa shape index (κ3) is 2.32. The van der Waals surface area contributed by atoms with Crippen LogP contribution in [-0.2, 0) is 9.41 Å². The fourth-order valence-corrected chi connectivity index (χ4v) is 1.68. The van der Waals surface area contributed by atoms with E-state index in [0.29, 0.717) is 4.90 Å². The molecular formula is C9H11NO2S. The standard InChI is InChI=1S/C9H11NO2S/c1-13(2,10)8-5-3-4-7(6-8)9(11)12/h3-6,10H,1H2,2H3,(H,11,12). The third-order valence-electron chi connectivity index (χ3n) is 1.60. The quantitative estimate of drug-likeness (QED) is 0.709. The average molecular weight is 197 g/mol. The molecule has 0 aromatic heterocycles. The molecule has 0 bridgehead atoms. The number of carbonyl (C=O) groups is 1. The molecule has 0 saturated heterocycles. The van der Waals surface area contributed by atoms with Gasteiger partial charge in [0.25, 0.3) is 0 Å². The van der Waals surface area contributed by atoms with Crippen LogP contribution in [0.4, 0.5) is 0 Å². The summed E-state index contributed by atoms with van der Waals surface area (Å²) in [6.45, 7) is 0. The Morgan fingerprint density at radius 3 is 2.69 bits per heavy atom. The van der Waals surface area contributed by atoms with E-state index in [2.05, 4.69) is 5.87 Å². The molecule has 2 N–H and O–H groups in total. The zero-order chi connectivity index (χ0) is 10.1. The molecule has 0 amide bonds. The van der Waals surface area contributed by atoms with Crippen molar-refractivity contribution in [2.45, 2.75) is 4.90 Å². The van der Waals surface area contributed by atoms with Crippen LogP contribution < -0.4 is 0 Å². The molecule has 13 heavy (non-hydrogen) atoms. The summed E-state index contributed by atoms with van der Waals surface area (Å²) in [7, 11) is -1.82. The van der Waals surface area contributed by atoms with E-state index < -0.39 is 15.4 Å². The maximum Gasteiger partial charge on any atom is 0.335 e. The molecule has 1 rings (SSSR count). The van der Waals surface area contributed by atoms with E-state index in [9.17, 15) is 4.79 Å². The number of aromatic carboxylic acids is 1. The maximum absolute atomic E-state index is 10.6. The van der Waals surface area contributed by atoms with E-state index >= 15 is 0 Å². The molecule has 1 atom stereocenters. The van der Waals surface area contributed by atoms with E-state index in [1.807, 2.05) is 0 Å². The van der Waals surface area contributed by atoms with Crippen LogP contribution in [0, 0.1) is 4.78 Å². The zero-order valence-electron chi connectivity index (χ0n) is 7.28. The minimum Gasteiger partial charge on any atom is -0.478 e. The van der Waals surface area contributed by atoms with Gasteiger partial charge in [-0.1, -0.05) is 11.9 Å². The molecule has 0 heterocycles. The summed E-state index contributed by atoms with van der Waals surface area (Å²) in [5.74, 6) is 2.73. The number of benzene rings is 1. The van der Waals surface area contributed by atoms with Crippen molar-refractivity contribution in [3.63, 3.8) is 0 Å². The molecule has 0 fully saturated rings. The van der Waals surface area contributed by atoms with Crippen LogP contribution in [0.2, 0.25) is 0 Å². The first-order valence-electron chi connectivity index (χ1n) is 3.60. The van der Waals surface area contributed by atoms with E-state index in [0.717, 1.165) is 0 Å². The van der Waals surface area contributed by atoms with Gasteiger partial charge in [0, 0.05) is 4.90 Å². The molecular weight excluding hydrogens is 186 g/mol. The molecule has 0 saturated carbocycles. The predicted octanol–water partition coefficient (Wildman–Crippen LogP) is 1.72. The fourth-order valence-electron chi connectivity index (χ4n) is 0.909. The Morgan fingerprint density at radius 1 is 1.62 bits per heavy atom. The van der Waals surface area contributed by atoms with E-state index in [-0.39, 0.29) is 5.56 Å². The Labute approximate surface area is 77.5 Å². The van der Waals surface area contributed by atoms with Crippen LogP contribution in [0.25, 0.3) is 0 Å². The molecule has 1 aromatic rings. The van der Waals surface area contributed by atoms with Gasteiger partial charge in [0.15, 0.2) is 0 Å². The van der Waals surface area contributed by atoms with Crippen molar-refractivity contribution in [2.24, 2.45) is 0 Å². The highest BCUT2D eigenvalue weighted by atomic mass is 32.2. The average Bonchev–Trinajstić information content (AvgIpc) is 2.03. The van der Waals surface area contributed by atoms with Gasteiger partial charge < -0.3 is 5.11 Å². The largest absolute Gasteiger partial charge is 0.478 e. The molecule has 1 aromatic carbocycles. The monoisotopic (exact) mass is 197 g/mol. The molecule has 0 aliphatic rings. The Balaban J connectivity index is 3.29. The number of hydrogen-bond acceptors (Lipinski definition) is 2. The van der Waals surface area contributed by atoms with Crippen LogP contribution in [0.5, 0.6) is 0 Å². The summed E-state index contributed by atoms with van der Waals surface area (Å²) in [6.07, 6.45) is 1.70. The van der Waals surface area contributed by atoms with Gasteiger partial charge in [0.1, 0.15) is 0 Å². The normalized spacial score (nSPS) is 14.8. The lowest BCUT2D eigenvalue weighted by molar-refractivity contribution is 0.0696. The van der Waals surface area contributed by atoms with Crippen LogP contribution in [0.3, 0.4) is 0 Å². The van der Waals surface area contributed by atoms with Gasteiger partial charge in [-0.15, -0.1) is 9.41 Å². The molecule has 4 heteroatoms. The maximum atomic E-state index is 10.6. The van der Waals surface area contributed by atoms with Crippen molar-refractivity contribution in [1.29, 1.82) is 4.78 Å². The van der Waals surface area contributed by atoms with Gasteiger partial charge in [-0.05, 0) is 24.5 Å². The molecule has 0 spiro atoms. The second kappa shape index (κ2) is 3.22. The summed E-state index contributed by atoms with van der Waals surface area (Å²) in [5.41, 5.74) is 0.215. The highest BCUT2D eigenvalue weighted by Gasteiger charge is 2.04. The highest BCUT2D eigenvalue weighted by molar-refractivity contribution is 8.00. The van der Waals surface area contributed by atoms with Gasteiger partial charge in [0.05, 0.1) is 5.56 Å². The fraction of sp³-hybridized carbons (Fsp3) is 0.111. The van der Waals surface area contributed by atoms with Crippen molar-refractivity contribution in [3.05, 3.63) is 29.8 Å². The van der Waals surface area contributed by atoms with Crippen molar-refractivity contribution >= 4 is 21.3 Å². The Hall–Kier alpha value is -1.29. The third-order valence-corrected chi connectivity index (χ3v) is 2.90. The van der Waals surface area contributed by atoms with Crippen molar-refractivity contribution in [2.75, 3.05) is 6.26 Å². The van der Waals surface area contributed by atoms with Crippen molar-refractivity contribution < 1.29 is 9.90 Å². The van der Waals surface area contributed by atoms with E-state index in [1.54, 1.807) is 18.4 Å². The van der Waals surface area contributed by atoms with Crippen LogP contribution in [0.15, 0.2) is 29.2 Å². The Bertz CT molecular complexity index is 435. The first kappa shape index (κ1) is 9.80. The Kier molecular flexibility index (Phi) is 2.43. The summed E-state index contributed by atoms with van der Waals surface area (Å²) in [4.78, 5) is 11.3. The lowest BCUT2D eigenvalue weighted by Crippen LogP contribution is -2.00. The molecule has 0 aliphatic carbocycles. The van der Waals surface area contributed by atoms with Crippen molar-refractivity contribution in [1.82, 2.24) is 0 Å². The van der Waals surface area contributed by atoms with E-state index in [4.69, 9.17) is 9.89 Å². The number of rotatable bonds is 2. The molecule has 70 valence electrons. The molecule has 3 nitrogen and oxygen atoms in total. The number of carboxylic acids is 1. The van der Waals surface area contributed by atoms with Gasteiger partial charge in [0.2, 0.25) is 0 Å². The lowest BCUT2D eigenvalue weighted by Gasteiger charge is -2.06. The topological polar surface area (TPSA) is 61.2 Å². The van der Waals surface area contributed by atoms with Crippen LogP contribution in [-0.4, -0.2) is 23.2 Å². The van der Waals surface area contributed by atoms with Crippen LogP contribution in [0.1, 0.15) is 10.4 Å². The van der Waals surface area contributed by atoms with Gasteiger partial charge in [-0.2, -0.15) is 0 Å².